The van der Waals surface area contributed by atoms with Crippen LogP contribution < -0.4 is 0 Å². The Kier molecular flexibility index (Phi) is 7.42. The van der Waals surface area contributed by atoms with Crippen molar-refractivity contribution in [3.8, 4) is 0 Å². The number of carbonyl (C=O) groups is 1. The minimum absolute atomic E-state index is 0.304. The highest BCUT2D eigenvalue weighted by Gasteiger charge is 2.23. The molecule has 14 heavy (non-hydrogen) atoms. The number of rotatable bonds is 7. The van der Waals surface area contributed by atoms with Crippen LogP contribution in [0.4, 0.5) is 0 Å². The summed E-state index contributed by atoms with van der Waals surface area (Å²) >= 11 is 0. The first-order valence-electron chi connectivity index (χ1n) is 5.06. The average Bonchev–Trinajstić information content (AvgIpc) is 2.13. The van der Waals surface area contributed by atoms with Gasteiger partial charge in [0.05, 0.1) is 0 Å². The van der Waals surface area contributed by atoms with E-state index in [1.54, 1.807) is 0 Å². The van der Waals surface area contributed by atoms with E-state index in [1.165, 1.54) is 6.92 Å². The second-order valence-corrected chi connectivity index (χ2v) is 2.84. The predicted octanol–water partition coefficient (Wildman–Crippen LogP) is 1.73. The molecular formula is C10H20O4. The van der Waals surface area contributed by atoms with Gasteiger partial charge in [-0.05, 0) is 20.3 Å². The van der Waals surface area contributed by atoms with Gasteiger partial charge in [-0.3, -0.25) is 4.79 Å². The second kappa shape index (κ2) is 7.76. The summed E-state index contributed by atoms with van der Waals surface area (Å²) < 4.78 is 15.8. The zero-order valence-electron chi connectivity index (χ0n) is 9.41. The van der Waals surface area contributed by atoms with E-state index in [0.29, 0.717) is 19.6 Å². The van der Waals surface area contributed by atoms with Crippen LogP contribution in [0.15, 0.2) is 0 Å². The minimum atomic E-state index is -0.445. The summed E-state index contributed by atoms with van der Waals surface area (Å²) in [5.74, 6) is -0.304. The first-order chi connectivity index (χ1) is 6.65. The molecule has 0 aromatic carbocycles. The first kappa shape index (κ1) is 13.4. The topological polar surface area (TPSA) is 44.8 Å². The predicted molar refractivity (Wildman–Crippen MR) is 52.9 cm³/mol. The molecule has 4 heteroatoms. The quantitative estimate of drug-likeness (QED) is 0.468. The number of hydrogen-bond acceptors (Lipinski definition) is 4. The van der Waals surface area contributed by atoms with Crippen molar-refractivity contribution in [1.29, 1.82) is 0 Å². The van der Waals surface area contributed by atoms with Crippen LogP contribution in [0.1, 0.15) is 34.1 Å². The summed E-state index contributed by atoms with van der Waals surface area (Å²) in [5.41, 5.74) is 0. The molecule has 0 saturated carbocycles. The molecule has 0 heterocycles. The monoisotopic (exact) mass is 204 g/mol. The van der Waals surface area contributed by atoms with Gasteiger partial charge in [-0.2, -0.15) is 0 Å². The zero-order valence-corrected chi connectivity index (χ0v) is 9.41. The molecule has 0 fully saturated rings. The molecule has 0 spiro atoms. The van der Waals surface area contributed by atoms with Gasteiger partial charge in [0.2, 0.25) is 0 Å². The van der Waals surface area contributed by atoms with E-state index in [0.717, 1.165) is 0 Å². The Morgan fingerprint density at radius 3 is 1.93 bits per heavy atom. The van der Waals surface area contributed by atoms with Crippen LogP contribution >= 0.6 is 0 Å². The summed E-state index contributed by atoms with van der Waals surface area (Å²) in [5, 5.41) is 0. The smallest absolute Gasteiger partial charge is 0.303 e. The van der Waals surface area contributed by atoms with Crippen LogP contribution in [0.3, 0.4) is 0 Å². The highest BCUT2D eigenvalue weighted by molar-refractivity contribution is 5.66. The minimum Gasteiger partial charge on any atom is -0.457 e. The molecule has 0 aliphatic rings. The van der Waals surface area contributed by atoms with E-state index in [-0.39, 0.29) is 12.1 Å². The molecule has 0 aromatic heterocycles. The van der Waals surface area contributed by atoms with Crippen molar-refractivity contribution in [3.05, 3.63) is 0 Å². The highest BCUT2D eigenvalue weighted by Crippen LogP contribution is 2.10. The van der Waals surface area contributed by atoms with E-state index in [4.69, 9.17) is 14.2 Å². The van der Waals surface area contributed by atoms with Crippen LogP contribution in [-0.4, -0.2) is 31.6 Å². The molecule has 0 rings (SSSR count). The van der Waals surface area contributed by atoms with E-state index < -0.39 is 6.29 Å². The molecule has 0 radical (unpaired) electrons. The van der Waals surface area contributed by atoms with Gasteiger partial charge in [-0.1, -0.05) is 6.92 Å². The van der Waals surface area contributed by atoms with Crippen LogP contribution in [0, 0.1) is 0 Å². The van der Waals surface area contributed by atoms with Gasteiger partial charge in [0, 0.05) is 20.1 Å². The lowest BCUT2D eigenvalue weighted by Gasteiger charge is -2.25. The van der Waals surface area contributed by atoms with Crippen molar-refractivity contribution in [2.75, 3.05) is 13.2 Å². The molecular weight excluding hydrogens is 184 g/mol. The normalized spacial score (nSPS) is 12.9. The fraction of sp³-hybridized carbons (Fsp3) is 0.900. The lowest BCUT2D eigenvalue weighted by atomic mass is 10.2. The summed E-state index contributed by atoms with van der Waals surface area (Å²) in [4.78, 5) is 10.8. The standard InChI is InChI=1S/C10H20O4/c1-5-9(14-8(4)11)10(12-6-2)13-7-3/h9-10H,5-7H2,1-4H3. The molecule has 0 bridgehead atoms. The van der Waals surface area contributed by atoms with Crippen molar-refractivity contribution < 1.29 is 19.0 Å². The van der Waals surface area contributed by atoms with Crippen LogP contribution in [0.25, 0.3) is 0 Å². The fourth-order valence-electron chi connectivity index (χ4n) is 1.14. The van der Waals surface area contributed by atoms with E-state index in [1.807, 2.05) is 20.8 Å². The molecule has 0 aromatic rings. The summed E-state index contributed by atoms with van der Waals surface area (Å²) in [6, 6.07) is 0. The van der Waals surface area contributed by atoms with Crippen molar-refractivity contribution >= 4 is 5.97 Å². The summed E-state index contributed by atoms with van der Waals surface area (Å²) in [6.45, 7) is 8.17. The molecule has 0 amide bonds. The molecule has 84 valence electrons. The van der Waals surface area contributed by atoms with Crippen molar-refractivity contribution in [2.45, 2.75) is 46.5 Å². The van der Waals surface area contributed by atoms with Crippen LogP contribution in [0.5, 0.6) is 0 Å². The number of esters is 1. The Balaban J connectivity index is 4.16. The maximum Gasteiger partial charge on any atom is 0.303 e. The van der Waals surface area contributed by atoms with Gasteiger partial charge < -0.3 is 14.2 Å². The molecule has 0 N–H and O–H groups in total. The Hall–Kier alpha value is -0.610. The Morgan fingerprint density at radius 2 is 1.64 bits per heavy atom. The number of hydrogen-bond donors (Lipinski definition) is 0. The van der Waals surface area contributed by atoms with Gasteiger partial charge in [-0.25, -0.2) is 0 Å². The second-order valence-electron chi connectivity index (χ2n) is 2.84. The van der Waals surface area contributed by atoms with E-state index in [2.05, 4.69) is 0 Å². The van der Waals surface area contributed by atoms with Crippen molar-refractivity contribution in [3.63, 3.8) is 0 Å². The van der Waals surface area contributed by atoms with Crippen molar-refractivity contribution in [1.82, 2.24) is 0 Å². The summed E-state index contributed by atoms with van der Waals surface area (Å²) in [7, 11) is 0. The maximum atomic E-state index is 10.8. The third-order valence-corrected chi connectivity index (χ3v) is 1.69. The molecule has 0 aliphatic carbocycles. The van der Waals surface area contributed by atoms with E-state index in [9.17, 15) is 4.79 Å². The lowest BCUT2D eigenvalue weighted by Crippen LogP contribution is -2.35. The molecule has 0 aliphatic heterocycles. The molecule has 0 saturated heterocycles. The largest absolute Gasteiger partial charge is 0.457 e. The molecule has 4 nitrogen and oxygen atoms in total. The zero-order chi connectivity index (χ0) is 11.0. The van der Waals surface area contributed by atoms with Gasteiger partial charge in [-0.15, -0.1) is 0 Å². The van der Waals surface area contributed by atoms with Gasteiger partial charge in [0.25, 0.3) is 0 Å². The fourth-order valence-corrected chi connectivity index (χ4v) is 1.14. The van der Waals surface area contributed by atoms with Gasteiger partial charge in [0.1, 0.15) is 0 Å². The Labute approximate surface area is 85.5 Å². The van der Waals surface area contributed by atoms with Crippen molar-refractivity contribution in [2.24, 2.45) is 0 Å². The maximum absolute atomic E-state index is 10.8. The third kappa shape index (κ3) is 5.19. The Bertz CT molecular complexity index is 152. The van der Waals surface area contributed by atoms with Gasteiger partial charge >= 0.3 is 5.97 Å². The Morgan fingerprint density at radius 1 is 1.14 bits per heavy atom. The first-order valence-corrected chi connectivity index (χ1v) is 5.06. The molecule has 1 unspecified atom stereocenters. The average molecular weight is 204 g/mol. The SMILES string of the molecule is CCOC(OCC)C(CC)OC(C)=O. The number of carbonyl (C=O) groups excluding carboxylic acids is 1. The third-order valence-electron chi connectivity index (χ3n) is 1.69. The van der Waals surface area contributed by atoms with Crippen LogP contribution in [0.2, 0.25) is 0 Å². The van der Waals surface area contributed by atoms with E-state index >= 15 is 0 Å². The number of ether oxygens (including phenoxy) is 3. The molecule has 1 atom stereocenters. The van der Waals surface area contributed by atoms with Gasteiger partial charge in [0.15, 0.2) is 12.4 Å². The highest BCUT2D eigenvalue weighted by atomic mass is 16.7. The van der Waals surface area contributed by atoms with Crippen LogP contribution in [-0.2, 0) is 19.0 Å². The lowest BCUT2D eigenvalue weighted by molar-refractivity contribution is -0.206. The summed E-state index contributed by atoms with van der Waals surface area (Å²) in [6.07, 6.45) is -0.0733.